The van der Waals surface area contributed by atoms with E-state index in [0.717, 1.165) is 28.2 Å². The predicted octanol–water partition coefficient (Wildman–Crippen LogP) is 3.08. The minimum absolute atomic E-state index is 0.688. The molecule has 3 aromatic rings. The Bertz CT molecular complexity index is 639. The maximum absolute atomic E-state index is 5.50. The Labute approximate surface area is 98.7 Å². The van der Waals surface area contributed by atoms with Crippen LogP contribution in [0.2, 0.25) is 0 Å². The molecule has 17 heavy (non-hydrogen) atoms. The van der Waals surface area contributed by atoms with Crippen molar-refractivity contribution in [1.82, 2.24) is 9.97 Å². The van der Waals surface area contributed by atoms with Gasteiger partial charge in [0.1, 0.15) is 11.5 Å². The molecule has 2 N–H and O–H groups in total. The Kier molecular flexibility index (Phi) is 2.33. The summed E-state index contributed by atoms with van der Waals surface area (Å²) in [5, 5.41) is 3.31. The van der Waals surface area contributed by atoms with Crippen LogP contribution in [-0.2, 0) is 6.54 Å². The standard InChI is InChI=1S/C13H13N3O/c1-9-2-4-11(17-9)7-14-10-3-5-12-13(6-10)16-8-15-12/h2-6,8,14H,7H2,1H3,(H,15,16). The topological polar surface area (TPSA) is 53.9 Å². The Morgan fingerprint density at radius 1 is 1.29 bits per heavy atom. The quantitative estimate of drug-likeness (QED) is 0.723. The molecular weight excluding hydrogens is 214 g/mol. The van der Waals surface area contributed by atoms with Gasteiger partial charge in [-0.15, -0.1) is 0 Å². The second-order valence-electron chi connectivity index (χ2n) is 4.00. The summed E-state index contributed by atoms with van der Waals surface area (Å²) in [5.41, 5.74) is 3.06. The number of anilines is 1. The first-order chi connectivity index (χ1) is 8.31. The third kappa shape index (κ3) is 2.01. The van der Waals surface area contributed by atoms with E-state index in [-0.39, 0.29) is 0 Å². The van der Waals surface area contributed by atoms with Gasteiger partial charge in [-0.2, -0.15) is 0 Å². The van der Waals surface area contributed by atoms with Crippen molar-refractivity contribution in [3.63, 3.8) is 0 Å². The number of benzene rings is 1. The van der Waals surface area contributed by atoms with Crippen molar-refractivity contribution in [2.75, 3.05) is 5.32 Å². The van der Waals surface area contributed by atoms with E-state index in [1.54, 1.807) is 6.33 Å². The van der Waals surface area contributed by atoms with Gasteiger partial charge in [0, 0.05) is 5.69 Å². The fraction of sp³-hybridized carbons (Fsp3) is 0.154. The molecule has 0 amide bonds. The van der Waals surface area contributed by atoms with Crippen molar-refractivity contribution >= 4 is 16.7 Å². The first-order valence-corrected chi connectivity index (χ1v) is 5.53. The normalized spacial score (nSPS) is 10.9. The van der Waals surface area contributed by atoms with Crippen molar-refractivity contribution in [3.05, 3.63) is 48.2 Å². The van der Waals surface area contributed by atoms with E-state index in [1.807, 2.05) is 37.3 Å². The minimum Gasteiger partial charge on any atom is -0.465 e. The van der Waals surface area contributed by atoms with Gasteiger partial charge in [-0.25, -0.2) is 4.98 Å². The summed E-state index contributed by atoms with van der Waals surface area (Å²) in [6.07, 6.45) is 1.70. The molecule has 0 unspecified atom stereocenters. The lowest BCUT2D eigenvalue weighted by atomic mass is 10.2. The van der Waals surface area contributed by atoms with Crippen LogP contribution >= 0.6 is 0 Å². The fourth-order valence-electron chi connectivity index (χ4n) is 1.81. The number of hydrogen-bond acceptors (Lipinski definition) is 3. The highest BCUT2D eigenvalue weighted by Gasteiger charge is 2.00. The molecular formula is C13H13N3O. The highest BCUT2D eigenvalue weighted by atomic mass is 16.3. The molecule has 0 radical (unpaired) electrons. The van der Waals surface area contributed by atoms with Crippen LogP contribution in [-0.4, -0.2) is 9.97 Å². The summed E-state index contributed by atoms with van der Waals surface area (Å²) >= 11 is 0. The van der Waals surface area contributed by atoms with Crippen LogP contribution in [0.15, 0.2) is 41.1 Å². The molecule has 0 saturated carbocycles. The van der Waals surface area contributed by atoms with E-state index in [4.69, 9.17) is 4.42 Å². The highest BCUT2D eigenvalue weighted by Crippen LogP contribution is 2.16. The highest BCUT2D eigenvalue weighted by molar-refractivity contribution is 5.78. The minimum atomic E-state index is 0.688. The number of imidazole rings is 1. The van der Waals surface area contributed by atoms with Crippen LogP contribution in [0.25, 0.3) is 11.0 Å². The van der Waals surface area contributed by atoms with Crippen molar-refractivity contribution in [1.29, 1.82) is 0 Å². The summed E-state index contributed by atoms with van der Waals surface area (Å²) in [7, 11) is 0. The van der Waals surface area contributed by atoms with E-state index < -0.39 is 0 Å². The van der Waals surface area contributed by atoms with Crippen molar-refractivity contribution in [2.45, 2.75) is 13.5 Å². The molecule has 0 saturated heterocycles. The van der Waals surface area contributed by atoms with Crippen LogP contribution in [0, 0.1) is 6.92 Å². The number of hydrogen-bond donors (Lipinski definition) is 2. The molecule has 0 atom stereocenters. The van der Waals surface area contributed by atoms with Crippen LogP contribution in [0.1, 0.15) is 11.5 Å². The summed E-state index contributed by atoms with van der Waals surface area (Å²) < 4.78 is 5.50. The lowest BCUT2D eigenvalue weighted by Gasteiger charge is -2.03. The van der Waals surface area contributed by atoms with Crippen molar-refractivity contribution < 1.29 is 4.42 Å². The van der Waals surface area contributed by atoms with Crippen LogP contribution < -0.4 is 5.32 Å². The van der Waals surface area contributed by atoms with Gasteiger partial charge in [-0.3, -0.25) is 0 Å². The molecule has 2 heterocycles. The smallest absolute Gasteiger partial charge is 0.123 e. The molecule has 0 fully saturated rings. The summed E-state index contributed by atoms with van der Waals surface area (Å²) in [6, 6.07) is 9.99. The molecule has 3 rings (SSSR count). The molecule has 0 aliphatic heterocycles. The first kappa shape index (κ1) is 9.96. The number of H-pyrrole nitrogens is 1. The van der Waals surface area contributed by atoms with E-state index in [1.165, 1.54) is 0 Å². The van der Waals surface area contributed by atoms with Gasteiger partial charge < -0.3 is 14.7 Å². The SMILES string of the molecule is Cc1ccc(CNc2ccc3nc[nH]c3c2)o1. The van der Waals surface area contributed by atoms with Gasteiger partial charge >= 0.3 is 0 Å². The van der Waals surface area contributed by atoms with E-state index in [2.05, 4.69) is 15.3 Å². The third-order valence-corrected chi connectivity index (χ3v) is 2.68. The summed E-state index contributed by atoms with van der Waals surface area (Å²) in [6.45, 7) is 2.63. The monoisotopic (exact) mass is 227 g/mol. The van der Waals surface area contributed by atoms with Crippen LogP contribution in [0.4, 0.5) is 5.69 Å². The average Bonchev–Trinajstić information content (AvgIpc) is 2.94. The number of fused-ring (bicyclic) bond motifs is 1. The predicted molar refractivity (Wildman–Crippen MR) is 66.9 cm³/mol. The summed E-state index contributed by atoms with van der Waals surface area (Å²) in [5.74, 6) is 1.87. The lowest BCUT2D eigenvalue weighted by molar-refractivity contribution is 0.490. The number of furan rings is 1. The van der Waals surface area contributed by atoms with E-state index >= 15 is 0 Å². The molecule has 4 heteroatoms. The maximum Gasteiger partial charge on any atom is 0.123 e. The zero-order chi connectivity index (χ0) is 11.7. The molecule has 2 aromatic heterocycles. The Hall–Kier alpha value is -2.23. The second kappa shape index (κ2) is 3.97. The number of nitrogens with one attached hydrogen (secondary N) is 2. The second-order valence-corrected chi connectivity index (χ2v) is 4.00. The van der Waals surface area contributed by atoms with Gasteiger partial charge in [-0.05, 0) is 37.3 Å². The molecule has 0 bridgehead atoms. The molecule has 86 valence electrons. The van der Waals surface area contributed by atoms with Crippen molar-refractivity contribution in [3.8, 4) is 0 Å². The van der Waals surface area contributed by atoms with Gasteiger partial charge in [0.2, 0.25) is 0 Å². The zero-order valence-electron chi connectivity index (χ0n) is 9.53. The Morgan fingerprint density at radius 3 is 3.06 bits per heavy atom. The Morgan fingerprint density at radius 2 is 2.24 bits per heavy atom. The van der Waals surface area contributed by atoms with Crippen LogP contribution in [0.3, 0.4) is 0 Å². The van der Waals surface area contributed by atoms with Gasteiger partial charge in [0.25, 0.3) is 0 Å². The summed E-state index contributed by atoms with van der Waals surface area (Å²) in [4.78, 5) is 7.27. The third-order valence-electron chi connectivity index (χ3n) is 2.68. The van der Waals surface area contributed by atoms with Crippen LogP contribution in [0.5, 0.6) is 0 Å². The average molecular weight is 227 g/mol. The Balaban J connectivity index is 1.76. The maximum atomic E-state index is 5.50. The molecule has 0 spiro atoms. The van der Waals surface area contributed by atoms with Gasteiger partial charge in [-0.1, -0.05) is 0 Å². The van der Waals surface area contributed by atoms with Crippen molar-refractivity contribution in [2.24, 2.45) is 0 Å². The van der Waals surface area contributed by atoms with E-state index in [9.17, 15) is 0 Å². The van der Waals surface area contributed by atoms with E-state index in [0.29, 0.717) is 6.54 Å². The lowest BCUT2D eigenvalue weighted by Crippen LogP contribution is -1.97. The van der Waals surface area contributed by atoms with Gasteiger partial charge in [0.05, 0.1) is 23.9 Å². The number of nitrogens with zero attached hydrogens (tertiary/aromatic N) is 1. The molecule has 1 aromatic carbocycles. The molecule has 0 aliphatic rings. The number of aromatic nitrogens is 2. The van der Waals surface area contributed by atoms with Gasteiger partial charge in [0.15, 0.2) is 0 Å². The fourth-order valence-corrected chi connectivity index (χ4v) is 1.81. The largest absolute Gasteiger partial charge is 0.465 e. The zero-order valence-corrected chi connectivity index (χ0v) is 9.53. The first-order valence-electron chi connectivity index (χ1n) is 5.53. The number of rotatable bonds is 3. The number of aryl methyl sites for hydroxylation is 1. The molecule has 0 aliphatic carbocycles. The molecule has 4 nitrogen and oxygen atoms in total. The number of aromatic amines is 1.